The van der Waals surface area contributed by atoms with E-state index in [-0.39, 0.29) is 6.03 Å². The third kappa shape index (κ3) is 1.17. The van der Waals surface area contributed by atoms with Crippen molar-refractivity contribution in [3.05, 3.63) is 0 Å². The second-order valence-corrected chi connectivity index (χ2v) is 2.74. The Kier molecular flexibility index (Phi) is 1.67. The Morgan fingerprint density at radius 2 is 2.18 bits per heavy atom. The van der Waals surface area contributed by atoms with Crippen LogP contribution in [0.2, 0.25) is 0 Å². The first-order chi connectivity index (χ1) is 5.38. The van der Waals surface area contributed by atoms with Gasteiger partial charge in [-0.3, -0.25) is 5.01 Å². The van der Waals surface area contributed by atoms with Gasteiger partial charge in [0.25, 0.3) is 0 Å². The average Bonchev–Trinajstić information content (AvgIpc) is 2.55. The molecule has 0 aromatic carbocycles. The summed E-state index contributed by atoms with van der Waals surface area (Å²) in [4.78, 5) is 11.1. The summed E-state index contributed by atoms with van der Waals surface area (Å²) < 4.78 is 0. The van der Waals surface area contributed by atoms with Crippen molar-refractivity contribution in [2.75, 3.05) is 32.8 Å². The van der Waals surface area contributed by atoms with E-state index < -0.39 is 0 Å². The fourth-order valence-corrected chi connectivity index (χ4v) is 1.43. The highest BCUT2D eigenvalue weighted by molar-refractivity contribution is 5.75. The Labute approximate surface area is 65.3 Å². The van der Waals surface area contributed by atoms with Crippen molar-refractivity contribution >= 4 is 6.03 Å². The Morgan fingerprint density at radius 3 is 2.73 bits per heavy atom. The topological polar surface area (TPSA) is 47.6 Å². The first kappa shape index (κ1) is 6.87. The van der Waals surface area contributed by atoms with Crippen LogP contribution < -0.4 is 10.6 Å². The molecule has 5 heteroatoms. The molecular weight excluding hydrogens is 144 g/mol. The molecule has 0 atom stereocenters. The molecule has 5 nitrogen and oxygen atoms in total. The molecule has 2 heterocycles. The molecule has 11 heavy (non-hydrogen) atoms. The first-order valence-electron chi connectivity index (χ1n) is 3.89. The number of hydrazine groups is 1. The minimum Gasteiger partial charge on any atom is -0.335 e. The van der Waals surface area contributed by atoms with Crippen LogP contribution in [0.25, 0.3) is 0 Å². The number of hydrogen-bond donors (Lipinski definition) is 2. The van der Waals surface area contributed by atoms with E-state index >= 15 is 0 Å². The van der Waals surface area contributed by atoms with Crippen LogP contribution in [0.15, 0.2) is 0 Å². The van der Waals surface area contributed by atoms with E-state index in [0.29, 0.717) is 0 Å². The van der Waals surface area contributed by atoms with Crippen LogP contribution in [0.5, 0.6) is 0 Å². The van der Waals surface area contributed by atoms with Crippen LogP contribution >= 0.6 is 0 Å². The van der Waals surface area contributed by atoms with Gasteiger partial charge in [0.15, 0.2) is 0 Å². The van der Waals surface area contributed by atoms with Crippen molar-refractivity contribution in [2.24, 2.45) is 0 Å². The van der Waals surface area contributed by atoms with E-state index in [4.69, 9.17) is 0 Å². The highest BCUT2D eigenvalue weighted by atomic mass is 16.2. The van der Waals surface area contributed by atoms with Gasteiger partial charge in [0.05, 0.1) is 13.2 Å². The summed E-state index contributed by atoms with van der Waals surface area (Å²) in [5, 5.41) is 9.73. The second-order valence-electron chi connectivity index (χ2n) is 2.74. The molecule has 2 amide bonds. The fraction of sp³-hybridized carbons (Fsp3) is 0.833. The highest BCUT2D eigenvalue weighted by Gasteiger charge is 2.27. The van der Waals surface area contributed by atoms with Crippen LogP contribution in [0, 0.1) is 0 Å². The molecule has 2 aliphatic rings. The van der Waals surface area contributed by atoms with Crippen molar-refractivity contribution in [2.45, 2.75) is 0 Å². The number of carbonyl (C=O) groups excluding carboxylic acids is 1. The number of rotatable bonds is 1. The number of hydrogen-bond acceptors (Lipinski definition) is 3. The molecule has 2 rings (SSSR count). The van der Waals surface area contributed by atoms with Crippen molar-refractivity contribution in [3.63, 3.8) is 0 Å². The van der Waals surface area contributed by atoms with Gasteiger partial charge in [-0.1, -0.05) is 0 Å². The van der Waals surface area contributed by atoms with E-state index in [1.807, 2.05) is 5.01 Å². The molecule has 0 spiro atoms. The van der Waals surface area contributed by atoms with E-state index in [9.17, 15) is 4.79 Å². The molecule has 0 bridgehead atoms. The molecule has 62 valence electrons. The molecule has 0 unspecified atom stereocenters. The normalized spacial score (nSPS) is 26.2. The molecule has 2 N–H and O–H groups in total. The molecular formula is C6H12N4O. The van der Waals surface area contributed by atoms with Gasteiger partial charge in [0.1, 0.15) is 0 Å². The summed E-state index contributed by atoms with van der Waals surface area (Å²) in [7, 11) is 0. The Bertz CT molecular complexity index is 166. The Morgan fingerprint density at radius 1 is 1.27 bits per heavy atom. The summed E-state index contributed by atoms with van der Waals surface area (Å²) in [5.41, 5.74) is 0. The number of nitrogens with one attached hydrogen (secondary N) is 2. The Hall–Kier alpha value is -0.810. The van der Waals surface area contributed by atoms with Gasteiger partial charge < -0.3 is 10.6 Å². The SMILES string of the molecule is O=C1NCCN1N1CCNC1. The van der Waals surface area contributed by atoms with E-state index in [0.717, 1.165) is 32.8 Å². The van der Waals surface area contributed by atoms with Gasteiger partial charge >= 0.3 is 6.03 Å². The van der Waals surface area contributed by atoms with Crippen LogP contribution in [-0.2, 0) is 0 Å². The lowest BCUT2D eigenvalue weighted by Crippen LogP contribution is -2.43. The van der Waals surface area contributed by atoms with Crippen molar-refractivity contribution in [1.29, 1.82) is 0 Å². The van der Waals surface area contributed by atoms with Gasteiger partial charge in [0, 0.05) is 19.6 Å². The number of urea groups is 1. The van der Waals surface area contributed by atoms with E-state index in [1.165, 1.54) is 0 Å². The van der Waals surface area contributed by atoms with Crippen LogP contribution in [-0.4, -0.2) is 48.9 Å². The van der Waals surface area contributed by atoms with Gasteiger partial charge in [-0.25, -0.2) is 9.80 Å². The second kappa shape index (κ2) is 2.67. The molecule has 0 aliphatic carbocycles. The zero-order valence-corrected chi connectivity index (χ0v) is 6.34. The van der Waals surface area contributed by atoms with Crippen molar-refractivity contribution in [3.8, 4) is 0 Å². The fourth-order valence-electron chi connectivity index (χ4n) is 1.43. The maximum absolute atomic E-state index is 11.1. The van der Waals surface area contributed by atoms with Gasteiger partial charge in [0.2, 0.25) is 0 Å². The van der Waals surface area contributed by atoms with Crippen molar-refractivity contribution < 1.29 is 4.79 Å². The van der Waals surface area contributed by atoms with Crippen LogP contribution in [0.1, 0.15) is 0 Å². The third-order valence-corrected chi connectivity index (χ3v) is 2.02. The predicted octanol–water partition coefficient (Wildman–Crippen LogP) is -1.21. The molecule has 0 aromatic heterocycles. The Balaban J connectivity index is 1.97. The summed E-state index contributed by atoms with van der Waals surface area (Å²) >= 11 is 0. The standard InChI is InChI=1S/C6H12N4O/c11-6-8-2-4-10(6)9-3-1-7-5-9/h7H,1-5H2,(H,8,11). The number of carbonyl (C=O) groups is 1. The van der Waals surface area contributed by atoms with Gasteiger partial charge in [-0.15, -0.1) is 0 Å². The maximum Gasteiger partial charge on any atom is 0.332 e. The van der Waals surface area contributed by atoms with E-state index in [2.05, 4.69) is 10.6 Å². The van der Waals surface area contributed by atoms with Crippen LogP contribution in [0.4, 0.5) is 4.79 Å². The third-order valence-electron chi connectivity index (χ3n) is 2.02. The lowest BCUT2D eigenvalue weighted by Gasteiger charge is -2.24. The van der Waals surface area contributed by atoms with Gasteiger partial charge in [-0.2, -0.15) is 0 Å². The molecule has 2 fully saturated rings. The summed E-state index contributed by atoms with van der Waals surface area (Å²) in [6.45, 7) is 4.29. The zero-order valence-electron chi connectivity index (χ0n) is 6.34. The number of amides is 2. The van der Waals surface area contributed by atoms with Gasteiger partial charge in [-0.05, 0) is 0 Å². The minimum atomic E-state index is 0.0358. The predicted molar refractivity (Wildman–Crippen MR) is 39.7 cm³/mol. The van der Waals surface area contributed by atoms with Crippen LogP contribution in [0.3, 0.4) is 0 Å². The zero-order chi connectivity index (χ0) is 7.68. The summed E-state index contributed by atoms with van der Waals surface area (Å²) in [6, 6.07) is 0.0358. The molecule has 2 aliphatic heterocycles. The molecule has 0 saturated carbocycles. The monoisotopic (exact) mass is 156 g/mol. The quantitative estimate of drug-likeness (QED) is 0.501. The van der Waals surface area contributed by atoms with E-state index in [1.54, 1.807) is 5.01 Å². The smallest absolute Gasteiger partial charge is 0.332 e. The molecule has 0 radical (unpaired) electrons. The number of nitrogens with zero attached hydrogens (tertiary/aromatic N) is 2. The van der Waals surface area contributed by atoms with Crippen molar-refractivity contribution in [1.82, 2.24) is 20.7 Å². The largest absolute Gasteiger partial charge is 0.335 e. The molecule has 0 aromatic rings. The molecule has 2 saturated heterocycles. The lowest BCUT2D eigenvalue weighted by atomic mass is 10.6. The lowest BCUT2D eigenvalue weighted by molar-refractivity contribution is 0.0560. The average molecular weight is 156 g/mol. The summed E-state index contributed by atoms with van der Waals surface area (Å²) in [6.07, 6.45) is 0. The minimum absolute atomic E-state index is 0.0358. The highest BCUT2D eigenvalue weighted by Crippen LogP contribution is 2.04. The summed E-state index contributed by atoms with van der Waals surface area (Å²) in [5.74, 6) is 0. The maximum atomic E-state index is 11.1. The first-order valence-corrected chi connectivity index (χ1v) is 3.89.